The highest BCUT2D eigenvalue weighted by Crippen LogP contribution is 2.35. The van der Waals surface area contributed by atoms with E-state index in [2.05, 4.69) is 20.4 Å². The molecule has 0 unspecified atom stereocenters. The number of hydrogen-bond acceptors (Lipinski definition) is 6. The maximum absolute atomic E-state index is 12.1. The SMILES string of the molecule is CN1C(=O)CC[C@H](CNc2nccnc2C#N)[C@H]1c1cnn(C)c1. The fraction of sp³-hybridized carbons (Fsp3) is 0.438. The molecule has 3 heterocycles. The third-order valence-electron chi connectivity index (χ3n) is 4.39. The lowest BCUT2D eigenvalue weighted by Gasteiger charge is -2.38. The summed E-state index contributed by atoms with van der Waals surface area (Å²) in [5.74, 6) is 0.812. The Hall–Kier alpha value is -2.95. The van der Waals surface area contributed by atoms with Gasteiger partial charge in [0.05, 0.1) is 12.2 Å². The number of aromatic nitrogens is 4. The molecule has 0 spiro atoms. The lowest BCUT2D eigenvalue weighted by molar-refractivity contribution is -0.136. The predicted molar refractivity (Wildman–Crippen MR) is 86.7 cm³/mol. The highest BCUT2D eigenvalue weighted by atomic mass is 16.2. The Balaban J connectivity index is 1.80. The van der Waals surface area contributed by atoms with Crippen LogP contribution in [-0.2, 0) is 11.8 Å². The number of nitriles is 1. The van der Waals surface area contributed by atoms with Crippen LogP contribution in [0.25, 0.3) is 0 Å². The van der Waals surface area contributed by atoms with E-state index in [1.165, 1.54) is 6.20 Å². The number of amides is 1. The second-order valence-corrected chi connectivity index (χ2v) is 5.94. The number of carbonyl (C=O) groups excluding carboxylic acids is 1. The molecule has 24 heavy (non-hydrogen) atoms. The molecule has 0 saturated carbocycles. The Kier molecular flexibility index (Phi) is 4.42. The van der Waals surface area contributed by atoms with E-state index < -0.39 is 0 Å². The van der Waals surface area contributed by atoms with Crippen LogP contribution in [0.15, 0.2) is 24.8 Å². The largest absolute Gasteiger partial charge is 0.367 e. The molecule has 1 amide bonds. The van der Waals surface area contributed by atoms with Gasteiger partial charge in [0, 0.05) is 57.1 Å². The van der Waals surface area contributed by atoms with E-state index in [9.17, 15) is 4.79 Å². The number of rotatable bonds is 4. The molecule has 124 valence electrons. The van der Waals surface area contributed by atoms with E-state index in [-0.39, 0.29) is 23.6 Å². The number of aryl methyl sites for hydroxylation is 1. The van der Waals surface area contributed by atoms with Gasteiger partial charge in [0.2, 0.25) is 5.91 Å². The number of anilines is 1. The standard InChI is InChI=1S/C16H19N7O/c1-22-10-12(9-21-22)15-11(3-4-14(24)23(15)2)8-20-16-13(7-17)18-5-6-19-16/h5-6,9-11,15H,3-4,8H2,1-2H3,(H,19,20)/t11-,15+/m1/s1. The highest BCUT2D eigenvalue weighted by Gasteiger charge is 2.35. The van der Waals surface area contributed by atoms with Crippen molar-refractivity contribution in [1.82, 2.24) is 24.6 Å². The molecule has 0 bridgehead atoms. The first-order valence-electron chi connectivity index (χ1n) is 7.79. The second-order valence-electron chi connectivity index (χ2n) is 5.94. The van der Waals surface area contributed by atoms with Crippen LogP contribution in [0.5, 0.6) is 0 Å². The van der Waals surface area contributed by atoms with E-state index in [1.807, 2.05) is 26.4 Å². The second kappa shape index (κ2) is 6.66. The minimum Gasteiger partial charge on any atom is -0.367 e. The van der Waals surface area contributed by atoms with Gasteiger partial charge in [-0.05, 0) is 6.42 Å². The van der Waals surface area contributed by atoms with E-state index in [4.69, 9.17) is 5.26 Å². The van der Waals surface area contributed by atoms with Gasteiger partial charge in [-0.25, -0.2) is 9.97 Å². The van der Waals surface area contributed by atoms with Crippen LogP contribution in [0.1, 0.15) is 30.1 Å². The van der Waals surface area contributed by atoms with E-state index in [1.54, 1.807) is 22.0 Å². The highest BCUT2D eigenvalue weighted by molar-refractivity contribution is 5.77. The van der Waals surface area contributed by atoms with Crippen molar-refractivity contribution in [1.29, 1.82) is 5.26 Å². The molecule has 1 saturated heterocycles. The fourth-order valence-electron chi connectivity index (χ4n) is 3.19. The summed E-state index contributed by atoms with van der Waals surface area (Å²) in [6, 6.07) is 1.98. The first-order valence-corrected chi connectivity index (χ1v) is 7.79. The maximum atomic E-state index is 12.1. The molecular formula is C16H19N7O. The summed E-state index contributed by atoms with van der Waals surface area (Å²) in [5.41, 5.74) is 1.29. The Bertz CT molecular complexity index is 779. The summed E-state index contributed by atoms with van der Waals surface area (Å²) in [6.45, 7) is 0.602. The average molecular weight is 325 g/mol. The zero-order chi connectivity index (χ0) is 17.1. The van der Waals surface area contributed by atoms with Gasteiger partial charge in [0.15, 0.2) is 11.5 Å². The van der Waals surface area contributed by atoms with Gasteiger partial charge in [0.1, 0.15) is 6.07 Å². The molecule has 0 radical (unpaired) electrons. The summed E-state index contributed by atoms with van der Waals surface area (Å²) >= 11 is 0. The summed E-state index contributed by atoms with van der Waals surface area (Å²) in [4.78, 5) is 22.1. The van der Waals surface area contributed by atoms with Crippen molar-refractivity contribution in [3.63, 3.8) is 0 Å². The van der Waals surface area contributed by atoms with Gasteiger partial charge < -0.3 is 10.2 Å². The number of likely N-dealkylation sites (tertiary alicyclic amines) is 1. The molecule has 8 heteroatoms. The zero-order valence-electron chi connectivity index (χ0n) is 13.7. The van der Waals surface area contributed by atoms with Gasteiger partial charge >= 0.3 is 0 Å². The minimum atomic E-state index is -0.0466. The number of piperidine rings is 1. The third-order valence-corrected chi connectivity index (χ3v) is 4.39. The normalized spacial score (nSPS) is 20.7. The summed E-state index contributed by atoms with van der Waals surface area (Å²) in [6.07, 6.45) is 8.09. The fourth-order valence-corrected chi connectivity index (χ4v) is 3.19. The summed E-state index contributed by atoms with van der Waals surface area (Å²) in [7, 11) is 3.69. The predicted octanol–water partition coefficient (Wildman–Crippen LogP) is 1.10. The Morgan fingerprint density at radius 2 is 2.17 bits per heavy atom. The molecule has 3 rings (SSSR count). The van der Waals surface area contributed by atoms with Crippen LogP contribution in [0.4, 0.5) is 5.82 Å². The quantitative estimate of drug-likeness (QED) is 0.903. The van der Waals surface area contributed by atoms with E-state index in [0.717, 1.165) is 12.0 Å². The Labute approximate surface area is 140 Å². The minimum absolute atomic E-state index is 0.0466. The van der Waals surface area contributed by atoms with Gasteiger partial charge in [-0.15, -0.1) is 0 Å². The molecular weight excluding hydrogens is 306 g/mol. The smallest absolute Gasteiger partial charge is 0.222 e. The molecule has 2 aromatic rings. The van der Waals surface area contributed by atoms with Crippen molar-refractivity contribution in [3.8, 4) is 6.07 Å². The van der Waals surface area contributed by atoms with Gasteiger partial charge in [-0.1, -0.05) is 0 Å². The lowest BCUT2D eigenvalue weighted by Crippen LogP contribution is -2.42. The third kappa shape index (κ3) is 3.06. The van der Waals surface area contributed by atoms with Crippen molar-refractivity contribution in [3.05, 3.63) is 36.0 Å². The number of carbonyl (C=O) groups is 1. The first kappa shape index (κ1) is 15.9. The van der Waals surface area contributed by atoms with Crippen LogP contribution < -0.4 is 5.32 Å². The van der Waals surface area contributed by atoms with Crippen molar-refractivity contribution in [2.75, 3.05) is 18.9 Å². The van der Waals surface area contributed by atoms with Crippen LogP contribution >= 0.6 is 0 Å². The molecule has 8 nitrogen and oxygen atoms in total. The maximum Gasteiger partial charge on any atom is 0.222 e. The van der Waals surface area contributed by atoms with Crippen LogP contribution in [0.2, 0.25) is 0 Å². The average Bonchev–Trinajstić information content (AvgIpc) is 3.02. The monoisotopic (exact) mass is 325 g/mol. The first-order chi connectivity index (χ1) is 11.6. The summed E-state index contributed by atoms with van der Waals surface area (Å²) < 4.78 is 1.74. The zero-order valence-corrected chi connectivity index (χ0v) is 13.7. The van der Waals surface area contributed by atoms with Gasteiger partial charge in [0.25, 0.3) is 0 Å². The van der Waals surface area contributed by atoms with Crippen molar-refractivity contribution in [2.45, 2.75) is 18.9 Å². The molecule has 0 aliphatic carbocycles. The van der Waals surface area contributed by atoms with Gasteiger partial charge in [-0.2, -0.15) is 10.4 Å². The Morgan fingerprint density at radius 3 is 2.88 bits per heavy atom. The lowest BCUT2D eigenvalue weighted by atomic mass is 9.85. The number of nitrogens with one attached hydrogen (secondary N) is 1. The van der Waals surface area contributed by atoms with Crippen LogP contribution in [-0.4, -0.2) is 44.1 Å². The summed E-state index contributed by atoms with van der Waals surface area (Å²) in [5, 5.41) is 16.5. The van der Waals surface area contributed by atoms with Gasteiger partial charge in [-0.3, -0.25) is 9.48 Å². The van der Waals surface area contributed by atoms with Crippen molar-refractivity contribution in [2.24, 2.45) is 13.0 Å². The van der Waals surface area contributed by atoms with Crippen molar-refractivity contribution < 1.29 is 4.79 Å². The Morgan fingerprint density at radius 1 is 1.38 bits per heavy atom. The van der Waals surface area contributed by atoms with Crippen LogP contribution in [0.3, 0.4) is 0 Å². The molecule has 1 fully saturated rings. The molecule has 2 aromatic heterocycles. The molecule has 2 atom stereocenters. The topological polar surface area (TPSA) is 99.7 Å². The number of nitrogens with zero attached hydrogens (tertiary/aromatic N) is 6. The van der Waals surface area contributed by atoms with E-state index in [0.29, 0.717) is 18.8 Å². The number of hydrogen-bond donors (Lipinski definition) is 1. The molecule has 1 N–H and O–H groups in total. The van der Waals surface area contributed by atoms with Crippen LogP contribution in [0, 0.1) is 17.2 Å². The molecule has 0 aromatic carbocycles. The molecule has 1 aliphatic heterocycles. The molecule has 1 aliphatic rings. The van der Waals surface area contributed by atoms with E-state index >= 15 is 0 Å². The van der Waals surface area contributed by atoms with Crippen molar-refractivity contribution >= 4 is 11.7 Å².